The van der Waals surface area contributed by atoms with Crippen LogP contribution in [0.1, 0.15) is 18.4 Å². The van der Waals surface area contributed by atoms with Crippen molar-refractivity contribution in [2.45, 2.75) is 25.5 Å². The molecule has 0 unspecified atom stereocenters. The fraction of sp³-hybridized carbons (Fsp3) is 0.571. The number of hydrogen-bond donors (Lipinski definition) is 1. The molecule has 2 atom stereocenters. The molecule has 2 heteroatoms. The molecule has 0 amide bonds. The van der Waals surface area contributed by atoms with E-state index in [4.69, 9.17) is 0 Å². The van der Waals surface area contributed by atoms with Crippen molar-refractivity contribution in [1.82, 2.24) is 4.90 Å². The zero-order valence-corrected chi connectivity index (χ0v) is 9.55. The highest BCUT2D eigenvalue weighted by molar-refractivity contribution is 5.14. The molecule has 2 aliphatic rings. The summed E-state index contributed by atoms with van der Waals surface area (Å²) in [7, 11) is 0. The van der Waals surface area contributed by atoms with Crippen LogP contribution in [0.25, 0.3) is 0 Å². The standard InChI is InChI=1S/C14H19NO/c16-14-12-6-7-13(14)10-15(9-12)8-11-4-2-1-3-5-11/h1-5,12-14,16H,6-10H2/t12-,13-/m1/s1. The van der Waals surface area contributed by atoms with Crippen LogP contribution in [0.4, 0.5) is 0 Å². The Morgan fingerprint density at radius 3 is 2.31 bits per heavy atom. The molecule has 1 aromatic rings. The van der Waals surface area contributed by atoms with Crippen molar-refractivity contribution in [2.24, 2.45) is 11.8 Å². The number of rotatable bonds is 2. The maximum Gasteiger partial charge on any atom is 0.0620 e. The second-order valence-electron chi connectivity index (χ2n) is 5.27. The second-order valence-corrected chi connectivity index (χ2v) is 5.27. The molecular weight excluding hydrogens is 198 g/mol. The molecule has 86 valence electrons. The number of likely N-dealkylation sites (tertiary alicyclic amines) is 1. The van der Waals surface area contributed by atoms with Crippen LogP contribution < -0.4 is 0 Å². The highest BCUT2D eigenvalue weighted by atomic mass is 16.3. The third-order valence-corrected chi connectivity index (χ3v) is 4.11. The number of aliphatic hydroxyl groups excluding tert-OH is 1. The summed E-state index contributed by atoms with van der Waals surface area (Å²) >= 11 is 0. The molecule has 2 nitrogen and oxygen atoms in total. The van der Waals surface area contributed by atoms with Crippen LogP contribution in [0.15, 0.2) is 30.3 Å². The van der Waals surface area contributed by atoms with Gasteiger partial charge in [0.05, 0.1) is 6.10 Å². The van der Waals surface area contributed by atoms with Crippen LogP contribution in [0, 0.1) is 11.8 Å². The van der Waals surface area contributed by atoms with E-state index < -0.39 is 0 Å². The maximum absolute atomic E-state index is 9.97. The van der Waals surface area contributed by atoms with Crippen molar-refractivity contribution < 1.29 is 5.11 Å². The Kier molecular flexibility index (Phi) is 2.70. The Bertz CT molecular complexity index is 337. The Balaban J connectivity index is 1.66. The Morgan fingerprint density at radius 1 is 1.06 bits per heavy atom. The smallest absolute Gasteiger partial charge is 0.0620 e. The third-order valence-electron chi connectivity index (χ3n) is 4.11. The summed E-state index contributed by atoms with van der Waals surface area (Å²) in [5, 5.41) is 9.97. The zero-order valence-electron chi connectivity index (χ0n) is 9.55. The molecule has 1 aliphatic heterocycles. The third kappa shape index (κ3) is 1.87. The van der Waals surface area contributed by atoms with Gasteiger partial charge in [0.1, 0.15) is 0 Å². The molecule has 0 radical (unpaired) electrons. The summed E-state index contributed by atoms with van der Waals surface area (Å²) in [4.78, 5) is 2.50. The Hall–Kier alpha value is -0.860. The topological polar surface area (TPSA) is 23.5 Å². The summed E-state index contributed by atoms with van der Waals surface area (Å²) in [5.74, 6) is 1.06. The number of aliphatic hydroxyl groups is 1. The van der Waals surface area contributed by atoms with E-state index in [1.54, 1.807) is 0 Å². The van der Waals surface area contributed by atoms with E-state index in [0.717, 1.165) is 19.6 Å². The van der Waals surface area contributed by atoms with Crippen molar-refractivity contribution in [3.8, 4) is 0 Å². The minimum Gasteiger partial charge on any atom is -0.392 e. The Morgan fingerprint density at radius 2 is 1.69 bits per heavy atom. The maximum atomic E-state index is 9.97. The highest BCUT2D eigenvalue weighted by Crippen LogP contribution is 2.37. The summed E-state index contributed by atoms with van der Waals surface area (Å²) in [6.45, 7) is 3.19. The van der Waals surface area contributed by atoms with E-state index >= 15 is 0 Å². The first kappa shape index (κ1) is 10.3. The van der Waals surface area contributed by atoms with E-state index in [1.807, 2.05) is 0 Å². The number of fused-ring (bicyclic) bond motifs is 2. The lowest BCUT2D eigenvalue weighted by Crippen LogP contribution is -2.44. The second kappa shape index (κ2) is 4.19. The SMILES string of the molecule is OC1[C@@H]2CC[C@@H]1CN(Cc1ccccc1)C2. The molecule has 16 heavy (non-hydrogen) atoms. The van der Waals surface area contributed by atoms with E-state index in [2.05, 4.69) is 35.2 Å². The first-order chi connectivity index (χ1) is 7.83. The van der Waals surface area contributed by atoms with E-state index in [9.17, 15) is 5.11 Å². The summed E-state index contributed by atoms with van der Waals surface area (Å²) in [6, 6.07) is 10.6. The normalized spacial score (nSPS) is 34.2. The molecule has 1 heterocycles. The molecule has 1 aromatic carbocycles. The van der Waals surface area contributed by atoms with E-state index in [1.165, 1.54) is 18.4 Å². The van der Waals surface area contributed by atoms with Crippen molar-refractivity contribution in [2.75, 3.05) is 13.1 Å². The summed E-state index contributed by atoms with van der Waals surface area (Å²) in [6.07, 6.45) is 2.42. The van der Waals surface area contributed by atoms with Crippen molar-refractivity contribution in [3.63, 3.8) is 0 Å². The number of piperidine rings is 1. The van der Waals surface area contributed by atoms with Gasteiger partial charge in [-0.25, -0.2) is 0 Å². The lowest BCUT2D eigenvalue weighted by molar-refractivity contribution is 0.0139. The van der Waals surface area contributed by atoms with Gasteiger partial charge < -0.3 is 5.11 Å². The van der Waals surface area contributed by atoms with Gasteiger partial charge in [0.2, 0.25) is 0 Å². The molecule has 1 saturated carbocycles. The minimum atomic E-state index is -0.0213. The quantitative estimate of drug-likeness (QED) is 0.817. The van der Waals surface area contributed by atoms with Gasteiger partial charge in [0.25, 0.3) is 0 Å². The molecule has 1 N–H and O–H groups in total. The van der Waals surface area contributed by atoms with E-state index in [0.29, 0.717) is 11.8 Å². The average Bonchev–Trinajstić information content (AvgIpc) is 2.54. The van der Waals surface area contributed by atoms with Gasteiger partial charge >= 0.3 is 0 Å². The molecular formula is C14H19NO. The van der Waals surface area contributed by atoms with Gasteiger partial charge in [-0.1, -0.05) is 30.3 Å². The fourth-order valence-electron chi connectivity index (χ4n) is 3.26. The predicted molar refractivity (Wildman–Crippen MR) is 63.9 cm³/mol. The lowest BCUT2D eigenvalue weighted by Gasteiger charge is -2.35. The molecule has 0 aromatic heterocycles. The molecule has 0 spiro atoms. The molecule has 2 bridgehead atoms. The van der Waals surface area contributed by atoms with Crippen LogP contribution in [0.2, 0.25) is 0 Å². The van der Waals surface area contributed by atoms with Gasteiger partial charge in [0, 0.05) is 19.6 Å². The highest BCUT2D eigenvalue weighted by Gasteiger charge is 2.40. The molecule has 3 rings (SSSR count). The van der Waals surface area contributed by atoms with Crippen LogP contribution in [-0.2, 0) is 6.54 Å². The zero-order chi connectivity index (χ0) is 11.0. The first-order valence-electron chi connectivity index (χ1n) is 6.27. The van der Waals surface area contributed by atoms with Crippen LogP contribution in [0.3, 0.4) is 0 Å². The summed E-state index contributed by atoms with van der Waals surface area (Å²) < 4.78 is 0. The fourth-order valence-corrected chi connectivity index (χ4v) is 3.26. The number of hydrogen-bond acceptors (Lipinski definition) is 2. The molecule has 1 aliphatic carbocycles. The van der Waals surface area contributed by atoms with Crippen LogP contribution in [0.5, 0.6) is 0 Å². The summed E-state index contributed by atoms with van der Waals surface area (Å²) in [5.41, 5.74) is 1.39. The average molecular weight is 217 g/mol. The molecule has 2 fully saturated rings. The number of benzene rings is 1. The lowest BCUT2D eigenvalue weighted by atomic mass is 9.95. The van der Waals surface area contributed by atoms with Gasteiger partial charge in [-0.2, -0.15) is 0 Å². The van der Waals surface area contributed by atoms with Crippen LogP contribution >= 0.6 is 0 Å². The van der Waals surface area contributed by atoms with Crippen molar-refractivity contribution in [1.29, 1.82) is 0 Å². The van der Waals surface area contributed by atoms with E-state index in [-0.39, 0.29) is 6.10 Å². The van der Waals surface area contributed by atoms with Gasteiger partial charge in [-0.05, 0) is 30.2 Å². The number of nitrogens with zero attached hydrogens (tertiary/aromatic N) is 1. The van der Waals surface area contributed by atoms with Gasteiger partial charge in [-0.3, -0.25) is 4.90 Å². The minimum absolute atomic E-state index is 0.0213. The monoisotopic (exact) mass is 217 g/mol. The first-order valence-corrected chi connectivity index (χ1v) is 6.27. The predicted octanol–water partition coefficient (Wildman–Crippen LogP) is 1.89. The van der Waals surface area contributed by atoms with Crippen molar-refractivity contribution in [3.05, 3.63) is 35.9 Å². The van der Waals surface area contributed by atoms with Gasteiger partial charge in [-0.15, -0.1) is 0 Å². The molecule has 1 saturated heterocycles. The largest absolute Gasteiger partial charge is 0.392 e. The van der Waals surface area contributed by atoms with Crippen molar-refractivity contribution >= 4 is 0 Å². The van der Waals surface area contributed by atoms with Gasteiger partial charge in [0.15, 0.2) is 0 Å². The Labute approximate surface area is 96.9 Å². The van der Waals surface area contributed by atoms with Crippen LogP contribution in [-0.4, -0.2) is 29.2 Å².